The molecule has 2 N–H and O–H groups in total. The molecule has 26 heavy (non-hydrogen) atoms. The minimum absolute atomic E-state index is 0.0674. The van der Waals surface area contributed by atoms with E-state index in [9.17, 15) is 10.2 Å². The maximum Gasteiger partial charge on any atom is 0.235 e. The minimum Gasteiger partial charge on any atom is -0.503 e. The number of hydrogen-bond acceptors (Lipinski definition) is 3. The SMILES string of the molecule is CC(C)C=Cc1c(-c2ccccc2)c(O)c(O)n1CCCn1ccnc1. The lowest BCUT2D eigenvalue weighted by molar-refractivity contribution is 0.367. The highest BCUT2D eigenvalue weighted by molar-refractivity contribution is 5.82. The van der Waals surface area contributed by atoms with Gasteiger partial charge in [-0.3, -0.25) is 0 Å². The molecule has 0 atom stereocenters. The van der Waals surface area contributed by atoms with Gasteiger partial charge in [0, 0.05) is 25.5 Å². The van der Waals surface area contributed by atoms with E-state index in [0.29, 0.717) is 18.0 Å². The Bertz CT molecular complexity index is 863. The zero-order valence-corrected chi connectivity index (χ0v) is 15.2. The average Bonchev–Trinajstić information content (AvgIpc) is 3.23. The molecule has 5 nitrogen and oxygen atoms in total. The Hall–Kier alpha value is -2.95. The van der Waals surface area contributed by atoms with E-state index in [1.54, 1.807) is 17.1 Å². The van der Waals surface area contributed by atoms with Crippen molar-refractivity contribution in [3.05, 3.63) is 60.8 Å². The average molecular weight is 351 g/mol. The zero-order valence-electron chi connectivity index (χ0n) is 15.2. The highest BCUT2D eigenvalue weighted by Gasteiger charge is 2.21. The van der Waals surface area contributed by atoms with E-state index >= 15 is 0 Å². The highest BCUT2D eigenvalue weighted by atomic mass is 16.3. The van der Waals surface area contributed by atoms with Crippen LogP contribution in [0.2, 0.25) is 0 Å². The molecule has 0 bridgehead atoms. The molecule has 0 aliphatic carbocycles. The molecule has 0 aliphatic heterocycles. The van der Waals surface area contributed by atoms with Crippen molar-refractivity contribution in [2.75, 3.05) is 0 Å². The van der Waals surface area contributed by atoms with Crippen LogP contribution in [0.3, 0.4) is 0 Å². The summed E-state index contributed by atoms with van der Waals surface area (Å²) < 4.78 is 3.79. The quantitative estimate of drug-likeness (QED) is 0.658. The molecule has 0 saturated carbocycles. The Balaban J connectivity index is 1.96. The van der Waals surface area contributed by atoms with Crippen molar-refractivity contribution in [3.63, 3.8) is 0 Å². The van der Waals surface area contributed by atoms with Crippen molar-refractivity contribution >= 4 is 6.08 Å². The molecule has 2 heterocycles. The summed E-state index contributed by atoms with van der Waals surface area (Å²) in [5, 5.41) is 21.1. The number of nitrogens with zero attached hydrogens (tertiary/aromatic N) is 3. The third-order valence-electron chi connectivity index (χ3n) is 4.31. The van der Waals surface area contributed by atoms with Crippen molar-refractivity contribution < 1.29 is 10.2 Å². The maximum absolute atomic E-state index is 10.6. The van der Waals surface area contributed by atoms with Crippen LogP contribution in [0.25, 0.3) is 17.2 Å². The summed E-state index contributed by atoms with van der Waals surface area (Å²) in [4.78, 5) is 4.05. The number of aryl methyl sites for hydroxylation is 1. The first kappa shape index (κ1) is 17.9. The number of benzene rings is 1. The van der Waals surface area contributed by atoms with Crippen LogP contribution in [0.5, 0.6) is 11.6 Å². The van der Waals surface area contributed by atoms with Gasteiger partial charge in [-0.05, 0) is 24.0 Å². The van der Waals surface area contributed by atoms with Crippen molar-refractivity contribution in [2.24, 2.45) is 5.92 Å². The molecule has 5 heteroatoms. The van der Waals surface area contributed by atoms with E-state index in [1.807, 2.05) is 47.2 Å². The summed E-state index contributed by atoms with van der Waals surface area (Å²) in [6, 6.07) is 9.68. The summed E-state index contributed by atoms with van der Waals surface area (Å²) in [7, 11) is 0. The van der Waals surface area contributed by atoms with Gasteiger partial charge < -0.3 is 19.3 Å². The van der Waals surface area contributed by atoms with E-state index in [2.05, 4.69) is 24.9 Å². The normalized spacial score (nSPS) is 11.7. The van der Waals surface area contributed by atoms with Gasteiger partial charge in [0.15, 0.2) is 5.75 Å². The van der Waals surface area contributed by atoms with E-state index in [0.717, 1.165) is 24.2 Å². The maximum atomic E-state index is 10.6. The van der Waals surface area contributed by atoms with Crippen molar-refractivity contribution in [2.45, 2.75) is 33.4 Å². The van der Waals surface area contributed by atoms with Crippen LogP contribution in [-0.4, -0.2) is 24.3 Å². The predicted molar refractivity (Wildman–Crippen MR) is 104 cm³/mol. The molecule has 0 saturated heterocycles. The highest BCUT2D eigenvalue weighted by Crippen LogP contribution is 2.43. The Kier molecular flexibility index (Phi) is 5.46. The zero-order chi connectivity index (χ0) is 18.5. The van der Waals surface area contributed by atoms with E-state index < -0.39 is 0 Å². The van der Waals surface area contributed by atoms with Crippen molar-refractivity contribution in [3.8, 4) is 22.8 Å². The molecular weight excluding hydrogens is 326 g/mol. The van der Waals surface area contributed by atoms with Crippen LogP contribution in [0.4, 0.5) is 0 Å². The van der Waals surface area contributed by atoms with E-state index in [1.165, 1.54) is 0 Å². The van der Waals surface area contributed by atoms with Crippen LogP contribution < -0.4 is 0 Å². The third kappa shape index (κ3) is 3.82. The molecule has 1 aromatic carbocycles. The van der Waals surface area contributed by atoms with Gasteiger partial charge in [0.05, 0.1) is 17.6 Å². The molecular formula is C21H25N3O2. The first-order chi connectivity index (χ1) is 12.6. The van der Waals surface area contributed by atoms with E-state index in [-0.39, 0.29) is 11.6 Å². The number of allylic oxidation sites excluding steroid dienone is 1. The van der Waals surface area contributed by atoms with Gasteiger partial charge in [-0.2, -0.15) is 0 Å². The first-order valence-corrected chi connectivity index (χ1v) is 8.91. The number of imidazole rings is 1. The number of aromatic nitrogens is 3. The summed E-state index contributed by atoms with van der Waals surface area (Å²) in [5.74, 6) is 0.220. The molecule has 0 amide bonds. The number of hydrogen-bond donors (Lipinski definition) is 2. The van der Waals surface area contributed by atoms with Gasteiger partial charge in [-0.15, -0.1) is 0 Å². The summed E-state index contributed by atoms with van der Waals surface area (Å²) in [5.41, 5.74) is 2.38. The molecule has 0 radical (unpaired) electrons. The van der Waals surface area contributed by atoms with Gasteiger partial charge >= 0.3 is 0 Å². The lowest BCUT2D eigenvalue weighted by atomic mass is 10.0. The molecule has 0 aliphatic rings. The number of aromatic hydroxyl groups is 2. The first-order valence-electron chi connectivity index (χ1n) is 8.91. The summed E-state index contributed by atoms with van der Waals surface area (Å²) >= 11 is 0. The molecule has 136 valence electrons. The Morgan fingerprint density at radius 2 is 1.88 bits per heavy atom. The molecule has 3 rings (SSSR count). The fourth-order valence-corrected chi connectivity index (χ4v) is 3.01. The van der Waals surface area contributed by atoms with Crippen molar-refractivity contribution in [1.29, 1.82) is 0 Å². The second-order valence-corrected chi connectivity index (χ2v) is 6.71. The molecule has 0 unspecified atom stereocenters. The Morgan fingerprint density at radius 3 is 2.54 bits per heavy atom. The lowest BCUT2D eigenvalue weighted by Crippen LogP contribution is -2.04. The molecule has 3 aromatic rings. The van der Waals surface area contributed by atoms with Gasteiger partial charge in [-0.1, -0.05) is 50.3 Å². The standard InChI is InChI=1S/C21H25N3O2/c1-16(2)9-10-18-19(17-7-4-3-5-8-17)20(25)21(26)24(18)13-6-12-23-14-11-22-15-23/h3-5,7-11,14-16,25-26H,6,12-13H2,1-2H3. The molecule has 0 fully saturated rings. The largest absolute Gasteiger partial charge is 0.503 e. The monoisotopic (exact) mass is 351 g/mol. The summed E-state index contributed by atoms with van der Waals surface area (Å²) in [6.45, 7) is 5.60. The molecule has 2 aromatic heterocycles. The second kappa shape index (κ2) is 7.95. The smallest absolute Gasteiger partial charge is 0.235 e. The fraction of sp³-hybridized carbons (Fsp3) is 0.286. The second-order valence-electron chi connectivity index (χ2n) is 6.71. The fourth-order valence-electron chi connectivity index (χ4n) is 3.01. The third-order valence-corrected chi connectivity index (χ3v) is 4.31. The topological polar surface area (TPSA) is 63.2 Å². The van der Waals surface area contributed by atoms with Crippen molar-refractivity contribution in [1.82, 2.24) is 14.1 Å². The lowest BCUT2D eigenvalue weighted by Gasteiger charge is -2.10. The Labute approximate surface area is 153 Å². The van der Waals surface area contributed by atoms with Gasteiger partial charge in [0.2, 0.25) is 5.88 Å². The summed E-state index contributed by atoms with van der Waals surface area (Å²) in [6.07, 6.45) is 10.3. The van der Waals surface area contributed by atoms with Gasteiger partial charge in [0.1, 0.15) is 0 Å². The Morgan fingerprint density at radius 1 is 1.12 bits per heavy atom. The van der Waals surface area contributed by atoms with Crippen LogP contribution in [0.15, 0.2) is 55.1 Å². The van der Waals surface area contributed by atoms with Crippen LogP contribution >= 0.6 is 0 Å². The van der Waals surface area contributed by atoms with Crippen LogP contribution in [0.1, 0.15) is 26.0 Å². The van der Waals surface area contributed by atoms with Gasteiger partial charge in [-0.25, -0.2) is 4.98 Å². The van der Waals surface area contributed by atoms with Crippen LogP contribution in [0, 0.1) is 5.92 Å². The van der Waals surface area contributed by atoms with Crippen LogP contribution in [-0.2, 0) is 13.1 Å². The predicted octanol–water partition coefficient (Wildman–Crippen LogP) is 4.52. The van der Waals surface area contributed by atoms with E-state index in [4.69, 9.17) is 0 Å². The molecule has 0 spiro atoms. The minimum atomic E-state index is -0.0853. The van der Waals surface area contributed by atoms with Gasteiger partial charge in [0.25, 0.3) is 0 Å². The number of rotatable bonds is 7.